The zero-order valence-corrected chi connectivity index (χ0v) is 14.5. The van der Waals surface area contributed by atoms with Crippen LogP contribution in [-0.4, -0.2) is 51.0 Å². The molecule has 2 fully saturated rings. The minimum atomic E-state index is 0. The van der Waals surface area contributed by atoms with Gasteiger partial charge in [-0.25, -0.2) is 4.68 Å². The third-order valence-corrected chi connectivity index (χ3v) is 4.90. The fourth-order valence-electron chi connectivity index (χ4n) is 3.63. The summed E-state index contributed by atoms with van der Waals surface area (Å²) in [5.41, 5.74) is 2.55. The molecule has 0 spiro atoms. The third kappa shape index (κ3) is 3.03. The summed E-state index contributed by atoms with van der Waals surface area (Å²) < 4.78 is 1.67. The van der Waals surface area contributed by atoms with Gasteiger partial charge in [-0.3, -0.25) is 4.79 Å². The fraction of sp³-hybridized carbons (Fsp3) is 0.471. The predicted octanol–water partition coefficient (Wildman–Crippen LogP) is 1.96. The van der Waals surface area contributed by atoms with Gasteiger partial charge < -0.3 is 10.2 Å². The first-order valence-corrected chi connectivity index (χ1v) is 8.25. The maximum Gasteiger partial charge on any atom is 0.276 e. The number of hydrogen-bond donors (Lipinski definition) is 1. The van der Waals surface area contributed by atoms with Crippen molar-refractivity contribution in [1.29, 1.82) is 0 Å². The van der Waals surface area contributed by atoms with Crippen LogP contribution in [0.3, 0.4) is 0 Å². The Hall–Kier alpha value is -1.92. The molecule has 0 radical (unpaired) electrons. The number of carbonyl (C=O) groups is 1. The second kappa shape index (κ2) is 6.91. The van der Waals surface area contributed by atoms with Crippen molar-refractivity contribution in [2.45, 2.75) is 38.3 Å². The van der Waals surface area contributed by atoms with Gasteiger partial charge >= 0.3 is 0 Å². The van der Waals surface area contributed by atoms with Crippen LogP contribution in [-0.2, 0) is 0 Å². The fourth-order valence-corrected chi connectivity index (χ4v) is 3.63. The topological polar surface area (TPSA) is 63.1 Å². The lowest BCUT2D eigenvalue weighted by Crippen LogP contribution is -2.42. The molecule has 3 heterocycles. The van der Waals surface area contributed by atoms with Crippen molar-refractivity contribution in [3.05, 3.63) is 41.7 Å². The van der Waals surface area contributed by atoms with Crippen LogP contribution in [0.1, 0.15) is 35.3 Å². The van der Waals surface area contributed by atoms with Crippen molar-refractivity contribution < 1.29 is 4.79 Å². The number of aromatic nitrogens is 3. The summed E-state index contributed by atoms with van der Waals surface area (Å²) in [5.74, 6) is 0.0135. The van der Waals surface area contributed by atoms with Gasteiger partial charge in [-0.15, -0.1) is 17.5 Å². The van der Waals surface area contributed by atoms with Gasteiger partial charge in [0.25, 0.3) is 5.91 Å². The largest absolute Gasteiger partial charge is 0.330 e. The molecule has 2 atom stereocenters. The molecular formula is C17H22ClN5O. The van der Waals surface area contributed by atoms with E-state index in [2.05, 4.69) is 15.6 Å². The van der Waals surface area contributed by atoms with Crippen LogP contribution in [0.5, 0.6) is 0 Å². The van der Waals surface area contributed by atoms with Crippen LogP contribution in [0.25, 0.3) is 5.69 Å². The summed E-state index contributed by atoms with van der Waals surface area (Å²) in [4.78, 5) is 14.9. The number of hydrogen-bond acceptors (Lipinski definition) is 4. The SMILES string of the molecule is Cc1ccc(-n2cc(C(=O)N3C4CCNCC3CC4)nn2)cc1.Cl. The highest BCUT2D eigenvalue weighted by atomic mass is 35.5. The van der Waals surface area contributed by atoms with Crippen LogP contribution >= 0.6 is 12.4 Å². The lowest BCUT2D eigenvalue weighted by atomic mass is 10.1. The van der Waals surface area contributed by atoms with Gasteiger partial charge in [-0.05, 0) is 44.9 Å². The summed E-state index contributed by atoms with van der Waals surface area (Å²) >= 11 is 0. The molecule has 7 heteroatoms. The number of fused-ring (bicyclic) bond motifs is 2. The van der Waals surface area contributed by atoms with Crippen molar-refractivity contribution in [2.24, 2.45) is 0 Å². The first kappa shape index (κ1) is 16.9. The molecule has 2 aliphatic rings. The first-order chi connectivity index (χ1) is 11.2. The van der Waals surface area contributed by atoms with Crippen LogP contribution < -0.4 is 5.32 Å². The van der Waals surface area contributed by atoms with E-state index in [0.717, 1.165) is 38.0 Å². The van der Waals surface area contributed by atoms with Gasteiger partial charge in [0.15, 0.2) is 5.69 Å². The monoisotopic (exact) mass is 347 g/mol. The van der Waals surface area contributed by atoms with E-state index in [0.29, 0.717) is 17.8 Å². The molecule has 1 amide bonds. The average molecular weight is 348 g/mol. The highest BCUT2D eigenvalue weighted by molar-refractivity contribution is 5.92. The molecule has 2 aromatic rings. The number of carbonyl (C=O) groups excluding carboxylic acids is 1. The number of nitrogens with one attached hydrogen (secondary N) is 1. The molecule has 128 valence electrons. The second-order valence-electron chi connectivity index (χ2n) is 6.47. The summed E-state index contributed by atoms with van der Waals surface area (Å²) in [6.45, 7) is 3.92. The van der Waals surface area contributed by atoms with Gasteiger partial charge in [0.2, 0.25) is 0 Å². The van der Waals surface area contributed by atoms with E-state index in [-0.39, 0.29) is 18.3 Å². The quantitative estimate of drug-likeness (QED) is 0.902. The van der Waals surface area contributed by atoms with Crippen LogP contribution in [0.4, 0.5) is 0 Å². The summed E-state index contributed by atoms with van der Waals surface area (Å²) in [6.07, 6.45) is 4.94. The lowest BCUT2D eigenvalue weighted by molar-refractivity contribution is 0.0674. The Morgan fingerprint density at radius 3 is 2.71 bits per heavy atom. The Morgan fingerprint density at radius 2 is 1.92 bits per heavy atom. The molecule has 2 aliphatic heterocycles. The zero-order chi connectivity index (χ0) is 15.8. The van der Waals surface area contributed by atoms with Crippen LogP contribution in [0, 0.1) is 6.92 Å². The average Bonchev–Trinajstić information content (AvgIpc) is 3.11. The first-order valence-electron chi connectivity index (χ1n) is 8.25. The lowest BCUT2D eigenvalue weighted by Gasteiger charge is -2.26. The second-order valence-corrected chi connectivity index (χ2v) is 6.47. The molecule has 6 nitrogen and oxygen atoms in total. The van der Waals surface area contributed by atoms with E-state index in [9.17, 15) is 4.79 Å². The number of rotatable bonds is 2. The minimum Gasteiger partial charge on any atom is -0.330 e. The molecule has 1 aromatic heterocycles. The summed E-state index contributed by atoms with van der Waals surface area (Å²) in [6, 6.07) is 8.65. The number of amides is 1. The van der Waals surface area contributed by atoms with Crippen molar-refractivity contribution in [3.8, 4) is 5.69 Å². The maximum atomic E-state index is 12.9. The molecule has 24 heavy (non-hydrogen) atoms. The molecule has 2 saturated heterocycles. The van der Waals surface area contributed by atoms with Crippen LogP contribution in [0.2, 0.25) is 0 Å². The molecule has 4 rings (SSSR count). The van der Waals surface area contributed by atoms with E-state index in [4.69, 9.17) is 0 Å². The van der Waals surface area contributed by atoms with Gasteiger partial charge in [0.1, 0.15) is 0 Å². The van der Waals surface area contributed by atoms with Gasteiger partial charge in [0.05, 0.1) is 11.9 Å². The Kier molecular flexibility index (Phi) is 4.87. The van der Waals surface area contributed by atoms with Crippen molar-refractivity contribution in [3.63, 3.8) is 0 Å². The Morgan fingerprint density at radius 1 is 1.17 bits per heavy atom. The third-order valence-electron chi connectivity index (χ3n) is 4.90. The highest BCUT2D eigenvalue weighted by Gasteiger charge is 2.39. The van der Waals surface area contributed by atoms with Crippen molar-refractivity contribution in [1.82, 2.24) is 25.2 Å². The van der Waals surface area contributed by atoms with Crippen LogP contribution in [0.15, 0.2) is 30.5 Å². The van der Waals surface area contributed by atoms with Crippen molar-refractivity contribution in [2.75, 3.05) is 13.1 Å². The van der Waals surface area contributed by atoms with E-state index >= 15 is 0 Å². The zero-order valence-electron chi connectivity index (χ0n) is 13.7. The van der Waals surface area contributed by atoms with Crippen molar-refractivity contribution >= 4 is 18.3 Å². The smallest absolute Gasteiger partial charge is 0.276 e. The maximum absolute atomic E-state index is 12.9. The van der Waals surface area contributed by atoms with Gasteiger partial charge in [0, 0.05) is 18.6 Å². The van der Waals surface area contributed by atoms with Gasteiger partial charge in [-0.1, -0.05) is 22.9 Å². The normalized spacial score (nSPS) is 22.8. The molecule has 1 aromatic carbocycles. The number of aryl methyl sites for hydroxylation is 1. The number of nitrogens with zero attached hydrogens (tertiary/aromatic N) is 4. The van der Waals surface area contributed by atoms with E-state index in [1.54, 1.807) is 10.9 Å². The minimum absolute atomic E-state index is 0. The van der Waals surface area contributed by atoms with E-state index in [1.165, 1.54) is 5.56 Å². The molecule has 2 bridgehead atoms. The van der Waals surface area contributed by atoms with Gasteiger partial charge in [-0.2, -0.15) is 0 Å². The standard InChI is InChI=1S/C17H21N5O.ClH/c1-12-2-4-13(5-3-12)21-11-16(19-20-21)17(23)22-14-6-7-15(22)10-18-9-8-14;/h2-5,11,14-15,18H,6-10H2,1H3;1H. The Labute approximate surface area is 147 Å². The predicted molar refractivity (Wildman–Crippen MR) is 93.8 cm³/mol. The number of halogens is 1. The summed E-state index contributed by atoms with van der Waals surface area (Å²) in [5, 5.41) is 11.7. The molecule has 2 unspecified atom stereocenters. The molecule has 0 saturated carbocycles. The molecule has 1 N–H and O–H groups in total. The summed E-state index contributed by atoms with van der Waals surface area (Å²) in [7, 11) is 0. The number of benzene rings is 1. The molecular weight excluding hydrogens is 326 g/mol. The van der Waals surface area contributed by atoms with E-state index in [1.807, 2.05) is 36.1 Å². The molecule has 0 aliphatic carbocycles. The van der Waals surface area contributed by atoms with E-state index < -0.39 is 0 Å². The Bertz CT molecular complexity index is 700. The Balaban J connectivity index is 0.00000169. The highest BCUT2D eigenvalue weighted by Crippen LogP contribution is 2.29.